The highest BCUT2D eigenvalue weighted by molar-refractivity contribution is 5.93. The lowest BCUT2D eigenvalue weighted by atomic mass is 10.3. The number of nitrogens with zero attached hydrogens (tertiary/aromatic N) is 3. The van der Waals surface area contributed by atoms with E-state index >= 15 is 0 Å². The van der Waals surface area contributed by atoms with Crippen molar-refractivity contribution in [3.05, 3.63) is 12.4 Å². The number of aryl methyl sites for hydroxylation is 1. The molecule has 0 aliphatic rings. The van der Waals surface area contributed by atoms with Gasteiger partial charge >= 0.3 is 0 Å². The van der Waals surface area contributed by atoms with Crippen LogP contribution in [0.15, 0.2) is 12.4 Å². The maximum Gasteiger partial charge on any atom is 0.159 e. The lowest BCUT2D eigenvalue weighted by Gasteiger charge is -1.99. The molecule has 0 unspecified atom stereocenters. The molecular formula is C7H9N5. The zero-order valence-electron chi connectivity index (χ0n) is 6.65. The van der Waals surface area contributed by atoms with Crippen LogP contribution in [0.1, 0.15) is 0 Å². The second-order valence-corrected chi connectivity index (χ2v) is 2.63. The highest BCUT2D eigenvalue weighted by atomic mass is 15.3. The highest BCUT2D eigenvalue weighted by Gasteiger charge is 2.05. The quantitative estimate of drug-likeness (QED) is 0.578. The first kappa shape index (κ1) is 6.90. The lowest BCUT2D eigenvalue weighted by Crippen LogP contribution is -1.97. The Morgan fingerprint density at radius 3 is 2.83 bits per heavy atom. The van der Waals surface area contributed by atoms with Gasteiger partial charge in [0.25, 0.3) is 0 Å². The smallest absolute Gasteiger partial charge is 0.159 e. The van der Waals surface area contributed by atoms with E-state index in [2.05, 4.69) is 10.1 Å². The monoisotopic (exact) mass is 163 g/mol. The number of fused-ring (bicyclic) bond motifs is 1. The van der Waals surface area contributed by atoms with Crippen molar-refractivity contribution in [2.24, 2.45) is 7.05 Å². The molecule has 0 fully saturated rings. The molecule has 0 spiro atoms. The Hall–Kier alpha value is -1.78. The van der Waals surface area contributed by atoms with E-state index in [1.165, 1.54) is 0 Å². The second-order valence-electron chi connectivity index (χ2n) is 2.63. The molecule has 12 heavy (non-hydrogen) atoms. The Balaban J connectivity index is 2.93. The summed E-state index contributed by atoms with van der Waals surface area (Å²) < 4.78 is 1.66. The summed E-state index contributed by atoms with van der Waals surface area (Å²) in [5.41, 5.74) is 13.1. The number of aromatic nitrogens is 3. The van der Waals surface area contributed by atoms with Gasteiger partial charge in [0.05, 0.1) is 29.2 Å². The number of nitrogens with two attached hydrogens (primary N) is 2. The SMILES string of the molecule is Cn1ncc2c(N)c(N)cnc21. The molecule has 4 N–H and O–H groups in total. The molecule has 0 aliphatic heterocycles. The molecule has 0 radical (unpaired) electrons. The fourth-order valence-corrected chi connectivity index (χ4v) is 1.13. The van der Waals surface area contributed by atoms with Gasteiger partial charge in [0.1, 0.15) is 0 Å². The van der Waals surface area contributed by atoms with E-state index in [1.54, 1.807) is 17.1 Å². The predicted octanol–water partition coefficient (Wildman–Crippen LogP) is 0.133. The Kier molecular flexibility index (Phi) is 1.21. The van der Waals surface area contributed by atoms with E-state index < -0.39 is 0 Å². The van der Waals surface area contributed by atoms with E-state index in [-0.39, 0.29) is 0 Å². The van der Waals surface area contributed by atoms with Crippen LogP contribution in [0, 0.1) is 0 Å². The summed E-state index contributed by atoms with van der Waals surface area (Å²) in [6, 6.07) is 0. The molecule has 0 saturated heterocycles. The number of anilines is 2. The topological polar surface area (TPSA) is 82.8 Å². The van der Waals surface area contributed by atoms with Crippen molar-refractivity contribution in [3.63, 3.8) is 0 Å². The van der Waals surface area contributed by atoms with Crippen LogP contribution in [0.3, 0.4) is 0 Å². The standard InChI is InChI=1S/C7H9N5/c1-12-7-4(2-11-12)6(9)5(8)3-10-7/h2-3H,8H2,1H3,(H2,9,10). The highest BCUT2D eigenvalue weighted by Crippen LogP contribution is 2.23. The third kappa shape index (κ3) is 0.730. The molecule has 0 amide bonds. The summed E-state index contributed by atoms with van der Waals surface area (Å²) in [5.74, 6) is 0. The van der Waals surface area contributed by atoms with E-state index in [4.69, 9.17) is 11.5 Å². The van der Waals surface area contributed by atoms with Crippen LogP contribution >= 0.6 is 0 Å². The Morgan fingerprint density at radius 1 is 1.33 bits per heavy atom. The number of nitrogen functional groups attached to an aromatic ring is 2. The molecule has 0 saturated carbocycles. The summed E-state index contributed by atoms with van der Waals surface area (Å²) in [5, 5.41) is 4.82. The normalized spacial score (nSPS) is 10.8. The molecule has 62 valence electrons. The number of hydrogen-bond acceptors (Lipinski definition) is 4. The van der Waals surface area contributed by atoms with Gasteiger partial charge in [-0.2, -0.15) is 5.10 Å². The third-order valence-electron chi connectivity index (χ3n) is 1.83. The summed E-state index contributed by atoms with van der Waals surface area (Å²) >= 11 is 0. The first-order chi connectivity index (χ1) is 5.70. The van der Waals surface area contributed by atoms with Crippen LogP contribution in [0.2, 0.25) is 0 Å². The van der Waals surface area contributed by atoms with Gasteiger partial charge in [-0.25, -0.2) is 4.98 Å². The molecule has 2 rings (SSSR count). The van der Waals surface area contributed by atoms with Crippen molar-refractivity contribution in [2.45, 2.75) is 0 Å². The second kappa shape index (κ2) is 2.10. The minimum Gasteiger partial charge on any atom is -0.396 e. The van der Waals surface area contributed by atoms with Crippen LogP contribution < -0.4 is 11.5 Å². The maximum atomic E-state index is 5.71. The van der Waals surface area contributed by atoms with Gasteiger partial charge in [-0.1, -0.05) is 0 Å². The summed E-state index contributed by atoms with van der Waals surface area (Å²) in [6.07, 6.45) is 3.20. The van der Waals surface area contributed by atoms with Crippen LogP contribution in [-0.2, 0) is 7.05 Å². The fourth-order valence-electron chi connectivity index (χ4n) is 1.13. The van der Waals surface area contributed by atoms with Gasteiger partial charge in [0.15, 0.2) is 5.65 Å². The van der Waals surface area contributed by atoms with Crippen molar-refractivity contribution in [2.75, 3.05) is 11.5 Å². The van der Waals surface area contributed by atoms with Crippen molar-refractivity contribution >= 4 is 22.4 Å². The number of pyridine rings is 1. The van der Waals surface area contributed by atoms with E-state index in [9.17, 15) is 0 Å². The van der Waals surface area contributed by atoms with E-state index in [0.29, 0.717) is 11.4 Å². The minimum atomic E-state index is 0.496. The van der Waals surface area contributed by atoms with Gasteiger partial charge in [-0.15, -0.1) is 0 Å². The molecule has 2 aromatic heterocycles. The summed E-state index contributed by atoms with van der Waals surface area (Å²) in [7, 11) is 1.81. The third-order valence-corrected chi connectivity index (χ3v) is 1.83. The Labute approximate surface area is 69.0 Å². The van der Waals surface area contributed by atoms with Crippen LogP contribution in [0.4, 0.5) is 11.4 Å². The molecule has 0 aliphatic carbocycles. The molecule has 0 aromatic carbocycles. The van der Waals surface area contributed by atoms with E-state index in [0.717, 1.165) is 11.0 Å². The van der Waals surface area contributed by atoms with Crippen LogP contribution in [-0.4, -0.2) is 14.8 Å². The fraction of sp³-hybridized carbons (Fsp3) is 0.143. The van der Waals surface area contributed by atoms with Gasteiger partial charge in [0, 0.05) is 7.05 Å². The largest absolute Gasteiger partial charge is 0.396 e. The molecular weight excluding hydrogens is 154 g/mol. The lowest BCUT2D eigenvalue weighted by molar-refractivity contribution is 0.786. The molecule has 5 nitrogen and oxygen atoms in total. The molecule has 0 bridgehead atoms. The van der Waals surface area contributed by atoms with Crippen molar-refractivity contribution in [3.8, 4) is 0 Å². The van der Waals surface area contributed by atoms with Gasteiger partial charge < -0.3 is 11.5 Å². The summed E-state index contributed by atoms with van der Waals surface area (Å²) in [6.45, 7) is 0. The van der Waals surface area contributed by atoms with Gasteiger partial charge in [-0.05, 0) is 0 Å². The molecule has 2 aromatic rings. The summed E-state index contributed by atoms with van der Waals surface area (Å²) in [4.78, 5) is 4.10. The maximum absolute atomic E-state index is 5.71. The Bertz CT molecular complexity index is 431. The Morgan fingerprint density at radius 2 is 2.08 bits per heavy atom. The van der Waals surface area contributed by atoms with Crippen molar-refractivity contribution in [1.29, 1.82) is 0 Å². The average Bonchev–Trinajstić information content (AvgIpc) is 2.41. The first-order valence-corrected chi connectivity index (χ1v) is 3.52. The first-order valence-electron chi connectivity index (χ1n) is 3.52. The molecule has 5 heteroatoms. The van der Waals surface area contributed by atoms with Gasteiger partial charge in [-0.3, -0.25) is 4.68 Å². The number of rotatable bonds is 0. The minimum absolute atomic E-state index is 0.496. The zero-order chi connectivity index (χ0) is 8.72. The average molecular weight is 163 g/mol. The van der Waals surface area contributed by atoms with Crippen LogP contribution in [0.25, 0.3) is 11.0 Å². The van der Waals surface area contributed by atoms with Crippen LogP contribution in [0.5, 0.6) is 0 Å². The molecule has 2 heterocycles. The number of hydrogen-bond donors (Lipinski definition) is 2. The molecule has 0 atom stereocenters. The van der Waals surface area contributed by atoms with Gasteiger partial charge in [0.2, 0.25) is 0 Å². The van der Waals surface area contributed by atoms with Crippen molar-refractivity contribution < 1.29 is 0 Å². The van der Waals surface area contributed by atoms with Crippen molar-refractivity contribution in [1.82, 2.24) is 14.8 Å². The zero-order valence-corrected chi connectivity index (χ0v) is 6.65. The van der Waals surface area contributed by atoms with E-state index in [1.807, 2.05) is 7.05 Å². The predicted molar refractivity (Wildman–Crippen MR) is 47.3 cm³/mol.